The maximum absolute atomic E-state index is 13.5. The molecular formula is C53H95FN10O13. The number of hydrogen-bond acceptors (Lipinski definition) is 15. The maximum Gasteiger partial charge on any atom is 0.408 e. The van der Waals surface area contributed by atoms with Crippen LogP contribution in [0.15, 0.2) is 9.98 Å². The van der Waals surface area contributed by atoms with Crippen LogP contribution in [0.5, 0.6) is 0 Å². The number of alkyl halides is 1. The molecule has 5 amide bonds. The minimum atomic E-state index is -1.29. The smallest absolute Gasteiger partial charge is 0.408 e. The van der Waals surface area contributed by atoms with E-state index in [4.69, 9.17) is 42.6 Å². The molecule has 0 spiro atoms. The molecule has 23 nitrogen and oxygen atoms in total. The zero-order chi connectivity index (χ0) is 59.6. The monoisotopic (exact) mass is 1100 g/mol. The van der Waals surface area contributed by atoms with E-state index < -0.39 is 71.6 Å². The number of esters is 2. The number of carbonyl (C=O) groups excluding carboxylic acids is 7. The van der Waals surface area contributed by atoms with Crippen molar-refractivity contribution < 1.29 is 68.2 Å². The summed E-state index contributed by atoms with van der Waals surface area (Å²) in [6.07, 6.45) is 8.02. The van der Waals surface area contributed by atoms with Crippen molar-refractivity contribution in [1.29, 1.82) is 0 Å². The number of alkyl carbamates (subject to hydrolysis) is 2. The molecule has 0 unspecified atom stereocenters. The first-order chi connectivity index (χ1) is 36.3. The number of aliphatic imine (C=N–C) groups is 2. The lowest BCUT2D eigenvalue weighted by molar-refractivity contribution is -0.153. The van der Waals surface area contributed by atoms with Gasteiger partial charge in [-0.15, -0.1) is 0 Å². The Morgan fingerprint density at radius 1 is 0.688 bits per heavy atom. The molecule has 0 aromatic carbocycles. The van der Waals surface area contributed by atoms with Gasteiger partial charge >= 0.3 is 30.1 Å². The number of nitrogens with two attached hydrogens (primary N) is 3. The van der Waals surface area contributed by atoms with E-state index in [1.165, 1.54) is 27.1 Å². The van der Waals surface area contributed by atoms with E-state index in [1.807, 2.05) is 6.92 Å². The lowest BCUT2D eigenvalue weighted by Gasteiger charge is -2.41. The number of piperidine rings is 2. The van der Waals surface area contributed by atoms with Gasteiger partial charge in [-0.3, -0.25) is 33.6 Å². The average Bonchev–Trinajstić information content (AvgIpc) is 4.30. The number of amides is 5. The van der Waals surface area contributed by atoms with Gasteiger partial charge in [-0.25, -0.2) is 19.2 Å². The van der Waals surface area contributed by atoms with Gasteiger partial charge in [-0.05, 0) is 131 Å². The largest absolute Gasteiger partial charge is 0.481 e. The molecule has 2 aliphatic carbocycles. The van der Waals surface area contributed by atoms with E-state index in [-0.39, 0.29) is 81.4 Å². The number of ether oxygens (including phenoxy) is 4. The number of methoxy groups -OCH3 is 2. The summed E-state index contributed by atoms with van der Waals surface area (Å²) in [5, 5.41) is 16.7. The molecule has 4 fully saturated rings. The van der Waals surface area contributed by atoms with Crippen molar-refractivity contribution >= 4 is 59.5 Å². The molecule has 0 aromatic rings. The standard InChI is InChI=1S/C26H45N5O6.C19H35N5O5.C7H12O2.CH3F/c1-17(16-19-9-10-19)21(32)29-20(8-7-13-28-18(2)27)22(33)31-14-11-26(12-15-31,23(34)36-6)30-24(35)37-25(3,4)5;1-13(20)22-10-6-7-14(21)15(25)24-11-8-19(9-12-24,16(26)28-5)23-17(27)29-18(2,3)4;1-5(7(8)9)4-6-2-3-6;1-2/h17,19-20H,7-16H2,1-6H3,(H2,27,28)(H,29,32)(H,30,35);14H,6-12,21H2,1-5H3,(H2,20,22)(H,23,27);5-6H,2-4H2,1H3,(H,8,9);1H3/t17-,20-;14-;5-;/m111./s1/i;;;1D. The predicted octanol–water partition coefficient (Wildman–Crippen LogP) is 4.75. The number of nitrogens with zero attached hydrogens (tertiary/aromatic N) is 4. The molecule has 2 aliphatic heterocycles. The maximum atomic E-state index is 13.5. The Labute approximate surface area is 457 Å². The highest BCUT2D eigenvalue weighted by Gasteiger charge is 2.48. The minimum absolute atomic E-state index is 0.127. The van der Waals surface area contributed by atoms with Crippen LogP contribution in [0.3, 0.4) is 0 Å². The summed E-state index contributed by atoms with van der Waals surface area (Å²) in [7, 11) is 1.53. The summed E-state index contributed by atoms with van der Waals surface area (Å²) in [5.74, 6) is -0.317. The Hall–Kier alpha value is -5.81. The molecule has 0 aromatic heterocycles. The molecule has 2 saturated heterocycles. The van der Waals surface area contributed by atoms with Gasteiger partial charge in [-0.2, -0.15) is 0 Å². The Bertz CT molecular complexity index is 2000. The Balaban J connectivity index is 0.000000654. The highest BCUT2D eigenvalue weighted by atomic mass is 19.1. The normalized spacial score (nSPS) is 18.9. The average molecular weight is 1100 g/mol. The first kappa shape index (κ1) is 67.3. The molecule has 2 saturated carbocycles. The van der Waals surface area contributed by atoms with E-state index in [2.05, 4.69) is 25.9 Å². The van der Waals surface area contributed by atoms with Gasteiger partial charge in [0.15, 0.2) is 0 Å². The molecular weight excluding hydrogens is 1000 g/mol. The van der Waals surface area contributed by atoms with Crippen molar-refractivity contribution in [3.8, 4) is 0 Å². The van der Waals surface area contributed by atoms with Crippen LogP contribution < -0.4 is 33.2 Å². The molecule has 77 heavy (non-hydrogen) atoms. The quantitative estimate of drug-likeness (QED) is 0.0268. The fourth-order valence-electron chi connectivity index (χ4n) is 8.55. The second-order valence-corrected chi connectivity index (χ2v) is 22.5. The van der Waals surface area contributed by atoms with Gasteiger partial charge in [0.1, 0.15) is 28.3 Å². The molecule has 0 radical (unpaired) electrons. The van der Waals surface area contributed by atoms with E-state index in [9.17, 15) is 42.7 Å². The zero-order valence-electron chi connectivity index (χ0n) is 49.1. The number of aliphatic carboxylic acids is 1. The highest BCUT2D eigenvalue weighted by molar-refractivity contribution is 5.90. The summed E-state index contributed by atoms with van der Waals surface area (Å²) in [6.45, 7) is 19.5. The van der Waals surface area contributed by atoms with Crippen LogP contribution in [0, 0.1) is 23.7 Å². The summed E-state index contributed by atoms with van der Waals surface area (Å²) in [5.41, 5.74) is 13.2. The third-order valence-corrected chi connectivity index (χ3v) is 13.1. The van der Waals surface area contributed by atoms with Crippen molar-refractivity contribution in [3.63, 3.8) is 0 Å². The van der Waals surface area contributed by atoms with Gasteiger partial charge in [0.25, 0.3) is 0 Å². The van der Waals surface area contributed by atoms with Crippen LogP contribution in [-0.2, 0) is 47.7 Å². The third kappa shape index (κ3) is 26.9. The highest BCUT2D eigenvalue weighted by Crippen LogP contribution is 2.36. The van der Waals surface area contributed by atoms with Crippen LogP contribution in [0.1, 0.15) is 160 Å². The number of halogens is 1. The van der Waals surface area contributed by atoms with Gasteiger partial charge in [0.05, 0.1) is 46.4 Å². The van der Waals surface area contributed by atoms with E-state index >= 15 is 0 Å². The molecule has 442 valence electrons. The number of likely N-dealkylation sites (tertiary alicyclic amines) is 2. The molecule has 4 aliphatic rings. The van der Waals surface area contributed by atoms with Crippen molar-refractivity contribution in [2.75, 3.05) is 60.6 Å². The number of nitrogens with one attached hydrogen (secondary N) is 3. The number of amidine groups is 2. The summed E-state index contributed by atoms with van der Waals surface area (Å²) < 4.78 is 36.0. The van der Waals surface area contributed by atoms with Crippen molar-refractivity contribution in [3.05, 3.63) is 0 Å². The van der Waals surface area contributed by atoms with Crippen LogP contribution in [0.25, 0.3) is 0 Å². The van der Waals surface area contributed by atoms with Crippen molar-refractivity contribution in [1.82, 2.24) is 25.8 Å². The molecule has 4 rings (SSSR count). The second kappa shape index (κ2) is 32.8. The number of hydrogen-bond donors (Lipinski definition) is 7. The summed E-state index contributed by atoms with van der Waals surface area (Å²) in [6, 6.07) is -1.35. The van der Waals surface area contributed by atoms with Gasteiger partial charge in [0.2, 0.25) is 17.7 Å². The minimum Gasteiger partial charge on any atom is -0.481 e. The zero-order valence-corrected chi connectivity index (χ0v) is 48.1. The fourth-order valence-corrected chi connectivity index (χ4v) is 8.55. The molecule has 10 N–H and O–H groups in total. The topological polar surface area (TPSA) is 339 Å². The van der Waals surface area contributed by atoms with Gasteiger partial charge in [-0.1, -0.05) is 39.5 Å². The second-order valence-electron chi connectivity index (χ2n) is 22.5. The third-order valence-electron chi connectivity index (χ3n) is 13.1. The van der Waals surface area contributed by atoms with E-state index in [0.717, 1.165) is 31.6 Å². The van der Waals surface area contributed by atoms with Crippen LogP contribution in [0.4, 0.5) is 14.0 Å². The van der Waals surface area contributed by atoms with Crippen molar-refractivity contribution in [2.24, 2.45) is 50.9 Å². The summed E-state index contributed by atoms with van der Waals surface area (Å²) >= 11 is 0. The molecule has 0 bridgehead atoms. The number of rotatable bonds is 21. The van der Waals surface area contributed by atoms with Crippen LogP contribution in [0.2, 0.25) is 0 Å². The number of carboxylic acids is 1. The van der Waals surface area contributed by atoms with Gasteiger partial charge < -0.3 is 67.0 Å². The van der Waals surface area contributed by atoms with Gasteiger partial charge in [0, 0.05) is 45.2 Å². The Kier molecular flexibility index (Phi) is 28.7. The number of carbonyl (C=O) groups is 8. The van der Waals surface area contributed by atoms with Crippen LogP contribution in [-0.4, -0.2) is 169 Å². The number of carboxylic acid groups (broad SMARTS) is 1. The van der Waals surface area contributed by atoms with E-state index in [0.29, 0.717) is 56.4 Å². The molecule has 2 heterocycles. The Morgan fingerprint density at radius 3 is 1.39 bits per heavy atom. The molecule has 24 heteroatoms. The lowest BCUT2D eigenvalue weighted by Crippen LogP contribution is -2.62. The van der Waals surface area contributed by atoms with E-state index in [1.54, 1.807) is 72.1 Å². The SMILES string of the molecule is COC(=O)C1(NC(=O)OC(C)(C)C)CCN(C(=O)[C@@H](CCCN=C(C)N)NC(=O)[C@H](C)CC2CC2)CC1.COC(=O)C1(NC(=O)OC(C)(C)C)CCN(C(=O)[C@H](N)CCCN=C(C)N)CC1.C[C@H](CC1CC1)C(=O)O.[2H]CF. The first-order valence-electron chi connectivity index (χ1n) is 27.4. The van der Waals surface area contributed by atoms with Crippen molar-refractivity contribution in [2.45, 2.75) is 193 Å². The fraction of sp³-hybridized carbons (Fsp3) is 0.811. The molecule has 4 atom stereocenters. The lowest BCUT2D eigenvalue weighted by atomic mass is 9.87. The predicted molar refractivity (Wildman–Crippen MR) is 290 cm³/mol. The van der Waals surface area contributed by atoms with Crippen LogP contribution >= 0.6 is 0 Å². The first-order valence-corrected chi connectivity index (χ1v) is 26.7. The Morgan fingerprint density at radius 2 is 1.05 bits per heavy atom. The summed E-state index contributed by atoms with van der Waals surface area (Å²) in [4.78, 5) is 110.